The van der Waals surface area contributed by atoms with Gasteiger partial charge in [-0.15, -0.1) is 0 Å². The Morgan fingerprint density at radius 2 is 1.93 bits per heavy atom. The van der Waals surface area contributed by atoms with Crippen molar-refractivity contribution in [3.8, 4) is 0 Å². The van der Waals surface area contributed by atoms with E-state index in [2.05, 4.69) is 10.2 Å². The van der Waals surface area contributed by atoms with Crippen LogP contribution in [0.3, 0.4) is 0 Å². The van der Waals surface area contributed by atoms with E-state index < -0.39 is 22.7 Å². The average molecular weight is 436 g/mol. The number of hydrogen-bond acceptors (Lipinski definition) is 5. The number of nitrogens with one attached hydrogen (secondary N) is 1. The van der Waals surface area contributed by atoms with Crippen LogP contribution in [0.4, 0.5) is 15.8 Å². The molecule has 1 saturated heterocycles. The zero-order chi connectivity index (χ0) is 22.0. The Morgan fingerprint density at radius 1 is 1.30 bits per heavy atom. The highest BCUT2D eigenvalue weighted by Gasteiger charge is 2.37. The molecule has 4 rings (SSSR count). The fourth-order valence-corrected chi connectivity index (χ4v) is 5.13. The minimum absolute atomic E-state index is 0.0488. The molecule has 9 heteroatoms. The first kappa shape index (κ1) is 20.9. The lowest BCUT2D eigenvalue weighted by Gasteiger charge is -2.31. The number of aromatic nitrogens is 1. The standard InChI is InChI=1S/C21H27ClFN5O2/c1-21(2)7-4-11-12(20(25)30)19(29)13-16(24)15(23)17(14(22)18(13)28(11)21)26-10-5-8-27(3)9-6-10/h10,26H,4-9,24H2,1-3H3,(H2,25,30). The second-order valence-corrected chi connectivity index (χ2v) is 9.40. The molecule has 1 aromatic heterocycles. The molecule has 0 spiro atoms. The lowest BCUT2D eigenvalue weighted by atomic mass is 10.0. The summed E-state index contributed by atoms with van der Waals surface area (Å²) in [5.74, 6) is -1.61. The third-order valence-electron chi connectivity index (χ3n) is 6.52. The molecule has 2 aromatic rings. The number of primary amides is 1. The molecule has 1 amide bonds. The third-order valence-corrected chi connectivity index (χ3v) is 6.89. The first-order chi connectivity index (χ1) is 14.0. The molecule has 0 radical (unpaired) electrons. The number of piperidine rings is 1. The van der Waals surface area contributed by atoms with Gasteiger partial charge < -0.3 is 26.3 Å². The Kier molecular flexibility index (Phi) is 4.97. The van der Waals surface area contributed by atoms with Crippen molar-refractivity contribution in [3.05, 3.63) is 32.3 Å². The molecule has 162 valence electrons. The summed E-state index contributed by atoms with van der Waals surface area (Å²) in [6.45, 7) is 5.75. The molecule has 0 saturated carbocycles. The Balaban J connectivity index is 2.02. The normalized spacial score (nSPS) is 19.2. The number of likely N-dealkylation sites (tertiary alicyclic amines) is 1. The number of carbonyl (C=O) groups excluding carboxylic acids is 1. The number of fused-ring (bicyclic) bond motifs is 3. The highest BCUT2D eigenvalue weighted by atomic mass is 35.5. The fraction of sp³-hybridized carbons (Fsp3) is 0.524. The second kappa shape index (κ2) is 7.13. The molecule has 3 heterocycles. The Morgan fingerprint density at radius 3 is 2.53 bits per heavy atom. The van der Waals surface area contributed by atoms with Crippen LogP contribution in [0, 0.1) is 5.82 Å². The van der Waals surface area contributed by atoms with Gasteiger partial charge in [0.25, 0.3) is 5.91 Å². The second-order valence-electron chi connectivity index (χ2n) is 9.03. The summed E-state index contributed by atoms with van der Waals surface area (Å²) in [6, 6.07) is 0.0488. The summed E-state index contributed by atoms with van der Waals surface area (Å²) in [5.41, 5.74) is 11.1. The Labute approximate surface area is 179 Å². The van der Waals surface area contributed by atoms with Crippen molar-refractivity contribution in [2.45, 2.75) is 51.1 Å². The SMILES string of the molecule is CN1CCC(Nc2c(F)c(N)c3c(=O)c(C(N)=O)c4n(c3c2Cl)C(C)(C)CC4)CC1. The smallest absolute Gasteiger partial charge is 0.254 e. The molecule has 0 aliphatic carbocycles. The maximum Gasteiger partial charge on any atom is 0.254 e. The largest absolute Gasteiger partial charge is 0.396 e. The van der Waals surface area contributed by atoms with Gasteiger partial charge in [-0.25, -0.2) is 4.39 Å². The fourth-order valence-electron chi connectivity index (χ4n) is 4.82. The van der Waals surface area contributed by atoms with E-state index in [1.54, 1.807) is 0 Å². The van der Waals surface area contributed by atoms with Gasteiger partial charge in [0.15, 0.2) is 5.82 Å². The van der Waals surface area contributed by atoms with Crippen molar-refractivity contribution in [1.29, 1.82) is 0 Å². The average Bonchev–Trinajstić information content (AvgIpc) is 2.98. The lowest BCUT2D eigenvalue weighted by molar-refractivity contribution is 0.0998. The molecule has 0 unspecified atom stereocenters. The van der Waals surface area contributed by atoms with Crippen LogP contribution in [-0.4, -0.2) is 41.6 Å². The quantitative estimate of drug-likeness (QED) is 0.642. The summed E-state index contributed by atoms with van der Waals surface area (Å²) < 4.78 is 17.2. The number of nitrogens with two attached hydrogens (primary N) is 2. The summed E-state index contributed by atoms with van der Waals surface area (Å²) in [4.78, 5) is 27.5. The minimum Gasteiger partial charge on any atom is -0.396 e. The molecule has 5 N–H and O–H groups in total. The van der Waals surface area contributed by atoms with Crippen molar-refractivity contribution in [2.24, 2.45) is 5.73 Å². The number of nitrogens with zero attached hydrogens (tertiary/aromatic N) is 2. The number of hydrogen-bond donors (Lipinski definition) is 3. The third kappa shape index (κ3) is 3.04. The van der Waals surface area contributed by atoms with Gasteiger partial charge in [0, 0.05) is 17.3 Å². The Bertz CT molecular complexity index is 1120. The van der Waals surface area contributed by atoms with Crippen LogP contribution in [0.2, 0.25) is 5.02 Å². The summed E-state index contributed by atoms with van der Waals surface area (Å²) in [5, 5.41) is 3.25. The number of halogens is 2. The van der Waals surface area contributed by atoms with Crippen LogP contribution in [0.15, 0.2) is 4.79 Å². The molecule has 1 aromatic carbocycles. The van der Waals surface area contributed by atoms with Gasteiger partial charge in [-0.05, 0) is 59.7 Å². The van der Waals surface area contributed by atoms with Gasteiger partial charge in [0.1, 0.15) is 5.56 Å². The van der Waals surface area contributed by atoms with E-state index in [0.29, 0.717) is 24.1 Å². The van der Waals surface area contributed by atoms with Gasteiger partial charge in [-0.3, -0.25) is 9.59 Å². The molecular weight excluding hydrogens is 409 g/mol. The van der Waals surface area contributed by atoms with E-state index in [1.807, 2.05) is 25.5 Å². The Hall–Kier alpha value is -2.32. The maximum atomic E-state index is 15.3. The van der Waals surface area contributed by atoms with E-state index in [9.17, 15) is 9.59 Å². The lowest BCUT2D eigenvalue weighted by Crippen LogP contribution is -2.37. The highest BCUT2D eigenvalue weighted by Crippen LogP contribution is 2.44. The predicted octanol–water partition coefficient (Wildman–Crippen LogP) is 2.66. The molecule has 2 aliphatic rings. The summed E-state index contributed by atoms with van der Waals surface area (Å²) >= 11 is 6.74. The number of nitrogen functional groups attached to an aromatic ring is 1. The van der Waals surface area contributed by atoms with Gasteiger partial charge in [-0.1, -0.05) is 11.6 Å². The first-order valence-corrected chi connectivity index (χ1v) is 10.6. The van der Waals surface area contributed by atoms with Crippen molar-refractivity contribution in [3.63, 3.8) is 0 Å². The van der Waals surface area contributed by atoms with Crippen molar-refractivity contribution < 1.29 is 9.18 Å². The van der Waals surface area contributed by atoms with Crippen LogP contribution < -0.4 is 22.2 Å². The predicted molar refractivity (Wildman–Crippen MR) is 118 cm³/mol. The van der Waals surface area contributed by atoms with Crippen LogP contribution in [-0.2, 0) is 12.0 Å². The maximum absolute atomic E-state index is 15.3. The summed E-state index contributed by atoms with van der Waals surface area (Å²) in [6.07, 6.45) is 2.88. The minimum atomic E-state index is -0.840. The van der Waals surface area contributed by atoms with Crippen LogP contribution >= 0.6 is 11.6 Å². The van der Waals surface area contributed by atoms with Crippen LogP contribution in [0.1, 0.15) is 49.2 Å². The molecule has 1 fully saturated rings. The van der Waals surface area contributed by atoms with E-state index in [1.165, 1.54) is 0 Å². The number of rotatable bonds is 3. The number of benzene rings is 1. The molecule has 0 bridgehead atoms. The van der Waals surface area contributed by atoms with Crippen LogP contribution in [0.5, 0.6) is 0 Å². The van der Waals surface area contributed by atoms with Gasteiger partial charge >= 0.3 is 0 Å². The van der Waals surface area contributed by atoms with Crippen molar-refractivity contribution >= 4 is 39.8 Å². The van der Waals surface area contributed by atoms with E-state index in [-0.39, 0.29) is 33.4 Å². The zero-order valence-corrected chi connectivity index (χ0v) is 18.2. The number of anilines is 2. The van der Waals surface area contributed by atoms with E-state index >= 15 is 4.39 Å². The molecular formula is C21H27ClFN5O2. The van der Waals surface area contributed by atoms with Crippen molar-refractivity contribution in [1.82, 2.24) is 9.47 Å². The molecule has 30 heavy (non-hydrogen) atoms. The highest BCUT2D eigenvalue weighted by molar-refractivity contribution is 6.38. The number of carbonyl (C=O) groups is 1. The van der Waals surface area contributed by atoms with Gasteiger partial charge in [0.2, 0.25) is 5.43 Å². The number of amides is 1. The molecule has 2 aliphatic heterocycles. The molecule has 0 atom stereocenters. The van der Waals surface area contributed by atoms with Crippen LogP contribution in [0.25, 0.3) is 10.9 Å². The monoisotopic (exact) mass is 435 g/mol. The van der Waals surface area contributed by atoms with E-state index in [0.717, 1.165) is 25.9 Å². The first-order valence-electron chi connectivity index (χ1n) is 10.2. The molecule has 7 nitrogen and oxygen atoms in total. The number of pyridine rings is 1. The topological polar surface area (TPSA) is 106 Å². The van der Waals surface area contributed by atoms with E-state index in [4.69, 9.17) is 23.1 Å². The zero-order valence-electron chi connectivity index (χ0n) is 17.4. The van der Waals surface area contributed by atoms with Crippen molar-refractivity contribution in [2.75, 3.05) is 31.2 Å². The summed E-state index contributed by atoms with van der Waals surface area (Å²) in [7, 11) is 2.05. The van der Waals surface area contributed by atoms with Gasteiger partial charge in [0.05, 0.1) is 27.3 Å². The van der Waals surface area contributed by atoms with Gasteiger partial charge in [-0.2, -0.15) is 0 Å².